The number of benzene rings is 1. The lowest BCUT2D eigenvalue weighted by molar-refractivity contribution is 0.411. The fraction of sp³-hybridized carbons (Fsp3) is 0.455. The van der Waals surface area contributed by atoms with Crippen molar-refractivity contribution in [1.29, 1.82) is 0 Å². The lowest BCUT2D eigenvalue weighted by atomic mass is 10.2. The fourth-order valence-corrected chi connectivity index (χ4v) is 2.44. The van der Waals surface area contributed by atoms with Crippen LogP contribution in [0.25, 0.3) is 0 Å². The minimum absolute atomic E-state index is 0.357. The first kappa shape index (κ1) is 12.0. The highest BCUT2D eigenvalue weighted by Crippen LogP contribution is 2.23. The zero-order chi connectivity index (χ0) is 11.6. The van der Waals surface area contributed by atoms with Gasteiger partial charge in [-0.05, 0) is 44.5 Å². The molecule has 0 aromatic heterocycles. The topological polar surface area (TPSA) is 43.4 Å². The Morgan fingerprint density at radius 1 is 1.27 bits per heavy atom. The third kappa shape index (κ3) is 2.31. The zero-order valence-corrected chi connectivity index (χ0v) is 10.3. The molecular weight excluding hydrogens is 212 g/mol. The van der Waals surface area contributed by atoms with Crippen LogP contribution in [0, 0.1) is 6.92 Å². The van der Waals surface area contributed by atoms with E-state index in [1.807, 2.05) is 6.92 Å². The van der Waals surface area contributed by atoms with E-state index in [-0.39, 0.29) is 0 Å². The number of ether oxygens (including phenoxy) is 1. The van der Waals surface area contributed by atoms with Gasteiger partial charge in [-0.3, -0.25) is 0 Å². The minimum Gasteiger partial charge on any atom is -0.496 e. The van der Waals surface area contributed by atoms with Crippen molar-refractivity contribution < 1.29 is 13.2 Å². The smallest absolute Gasteiger partial charge is 0.180 e. The lowest BCUT2D eigenvalue weighted by Crippen LogP contribution is -2.14. The van der Waals surface area contributed by atoms with Gasteiger partial charge in [-0.25, -0.2) is 8.42 Å². The molecule has 0 radical (unpaired) electrons. The molecular formula is C11H16O3S. The van der Waals surface area contributed by atoms with Crippen LogP contribution in [0.3, 0.4) is 0 Å². The van der Waals surface area contributed by atoms with E-state index in [9.17, 15) is 8.42 Å². The van der Waals surface area contributed by atoms with Crippen molar-refractivity contribution in [2.24, 2.45) is 0 Å². The van der Waals surface area contributed by atoms with E-state index in [0.29, 0.717) is 10.6 Å². The molecule has 0 amide bonds. The van der Waals surface area contributed by atoms with Gasteiger partial charge in [0, 0.05) is 0 Å². The Bertz CT molecular complexity index is 447. The van der Waals surface area contributed by atoms with Crippen LogP contribution in [-0.4, -0.2) is 20.8 Å². The second-order valence-corrected chi connectivity index (χ2v) is 6.23. The molecule has 1 aromatic carbocycles. The molecule has 3 nitrogen and oxygen atoms in total. The Labute approximate surface area is 91.0 Å². The summed E-state index contributed by atoms with van der Waals surface area (Å²) < 4.78 is 28.8. The molecule has 0 aliphatic rings. The van der Waals surface area contributed by atoms with Crippen LogP contribution < -0.4 is 4.74 Å². The van der Waals surface area contributed by atoms with Gasteiger partial charge in [0.25, 0.3) is 0 Å². The summed E-state index contributed by atoms with van der Waals surface area (Å²) in [6.07, 6.45) is 0. The first-order valence-corrected chi connectivity index (χ1v) is 6.32. The van der Waals surface area contributed by atoms with E-state index < -0.39 is 15.1 Å². The third-order valence-corrected chi connectivity index (χ3v) is 4.47. The fourth-order valence-electron chi connectivity index (χ4n) is 1.30. The van der Waals surface area contributed by atoms with Crippen LogP contribution in [0.4, 0.5) is 0 Å². The molecule has 0 aliphatic carbocycles. The first-order valence-electron chi connectivity index (χ1n) is 4.78. The Hall–Kier alpha value is -1.03. The van der Waals surface area contributed by atoms with Crippen LogP contribution in [0.1, 0.15) is 19.4 Å². The van der Waals surface area contributed by atoms with Gasteiger partial charge in [-0.1, -0.05) is 0 Å². The zero-order valence-electron chi connectivity index (χ0n) is 9.44. The molecule has 0 N–H and O–H groups in total. The van der Waals surface area contributed by atoms with Gasteiger partial charge in [-0.2, -0.15) is 0 Å². The lowest BCUT2D eigenvalue weighted by Gasteiger charge is -2.10. The predicted octanol–water partition coefficient (Wildman–Crippen LogP) is 2.19. The average Bonchev–Trinajstić information content (AvgIpc) is 2.17. The molecule has 0 heterocycles. The summed E-state index contributed by atoms with van der Waals surface area (Å²) in [5, 5.41) is -0.398. The number of methoxy groups -OCH3 is 1. The summed E-state index contributed by atoms with van der Waals surface area (Å²) in [4.78, 5) is 0.357. The quantitative estimate of drug-likeness (QED) is 0.796. The Kier molecular flexibility index (Phi) is 3.39. The van der Waals surface area contributed by atoms with Gasteiger partial charge in [0.1, 0.15) is 5.75 Å². The van der Waals surface area contributed by atoms with Gasteiger partial charge < -0.3 is 4.74 Å². The van der Waals surface area contributed by atoms with E-state index in [1.54, 1.807) is 39.2 Å². The molecule has 1 aromatic rings. The number of rotatable bonds is 3. The van der Waals surface area contributed by atoms with Crippen molar-refractivity contribution in [2.75, 3.05) is 7.11 Å². The number of aryl methyl sites for hydroxylation is 1. The van der Waals surface area contributed by atoms with Crippen molar-refractivity contribution in [1.82, 2.24) is 0 Å². The third-order valence-electron chi connectivity index (χ3n) is 2.32. The highest BCUT2D eigenvalue weighted by Gasteiger charge is 2.19. The first-order chi connectivity index (χ1) is 6.89. The maximum absolute atomic E-state index is 11.8. The standard InChI is InChI=1S/C11H16O3S/c1-8(2)15(12,13)10-5-6-11(14-4)9(3)7-10/h5-8H,1-4H3. The van der Waals surface area contributed by atoms with Crippen molar-refractivity contribution >= 4 is 9.84 Å². The van der Waals surface area contributed by atoms with E-state index >= 15 is 0 Å². The largest absolute Gasteiger partial charge is 0.496 e. The Morgan fingerprint density at radius 3 is 2.27 bits per heavy atom. The maximum atomic E-state index is 11.8. The molecule has 0 fully saturated rings. The van der Waals surface area contributed by atoms with E-state index in [0.717, 1.165) is 5.56 Å². The van der Waals surface area contributed by atoms with Gasteiger partial charge in [-0.15, -0.1) is 0 Å². The van der Waals surface area contributed by atoms with Crippen molar-refractivity contribution in [2.45, 2.75) is 30.9 Å². The minimum atomic E-state index is -3.18. The summed E-state index contributed by atoms with van der Waals surface area (Å²) in [6.45, 7) is 5.18. The van der Waals surface area contributed by atoms with Crippen LogP contribution in [0.15, 0.2) is 23.1 Å². The van der Waals surface area contributed by atoms with Gasteiger partial charge in [0.15, 0.2) is 9.84 Å². The van der Waals surface area contributed by atoms with Crippen molar-refractivity contribution in [3.05, 3.63) is 23.8 Å². The highest BCUT2D eigenvalue weighted by atomic mass is 32.2. The average molecular weight is 228 g/mol. The molecule has 4 heteroatoms. The summed E-state index contributed by atoms with van der Waals surface area (Å²) >= 11 is 0. The van der Waals surface area contributed by atoms with Crippen molar-refractivity contribution in [3.8, 4) is 5.75 Å². The summed E-state index contributed by atoms with van der Waals surface area (Å²) in [5.74, 6) is 0.706. The molecule has 0 saturated carbocycles. The number of hydrogen-bond acceptors (Lipinski definition) is 3. The van der Waals surface area contributed by atoms with E-state index in [1.165, 1.54) is 0 Å². The SMILES string of the molecule is COc1ccc(S(=O)(=O)C(C)C)cc1C. The van der Waals surface area contributed by atoms with Crippen LogP contribution in [0.2, 0.25) is 0 Å². The molecule has 15 heavy (non-hydrogen) atoms. The normalized spacial score (nSPS) is 11.8. The molecule has 84 valence electrons. The van der Waals surface area contributed by atoms with Crippen LogP contribution in [-0.2, 0) is 9.84 Å². The second kappa shape index (κ2) is 4.23. The van der Waals surface area contributed by atoms with E-state index in [2.05, 4.69) is 0 Å². The predicted molar refractivity (Wildman–Crippen MR) is 60.1 cm³/mol. The molecule has 0 spiro atoms. The Morgan fingerprint density at radius 2 is 1.87 bits per heavy atom. The summed E-state index contributed by atoms with van der Waals surface area (Å²) in [5.41, 5.74) is 0.833. The summed E-state index contributed by atoms with van der Waals surface area (Å²) in [6, 6.07) is 4.92. The molecule has 0 atom stereocenters. The molecule has 1 rings (SSSR count). The molecule has 0 saturated heterocycles. The monoisotopic (exact) mass is 228 g/mol. The second-order valence-electron chi connectivity index (χ2n) is 3.73. The summed E-state index contributed by atoms with van der Waals surface area (Å²) in [7, 11) is -1.61. The molecule has 0 unspecified atom stereocenters. The van der Waals surface area contributed by atoms with Crippen LogP contribution >= 0.6 is 0 Å². The maximum Gasteiger partial charge on any atom is 0.180 e. The van der Waals surface area contributed by atoms with Gasteiger partial charge >= 0.3 is 0 Å². The van der Waals surface area contributed by atoms with E-state index in [4.69, 9.17) is 4.74 Å². The molecule has 0 bridgehead atoms. The van der Waals surface area contributed by atoms with Crippen molar-refractivity contribution in [3.63, 3.8) is 0 Å². The van der Waals surface area contributed by atoms with Gasteiger partial charge in [0.05, 0.1) is 17.3 Å². The van der Waals surface area contributed by atoms with Crippen LogP contribution in [0.5, 0.6) is 5.75 Å². The number of hydrogen-bond donors (Lipinski definition) is 0. The highest BCUT2D eigenvalue weighted by molar-refractivity contribution is 7.92. The molecule has 0 aliphatic heterocycles. The Balaban J connectivity index is 3.25. The van der Waals surface area contributed by atoms with Gasteiger partial charge in [0.2, 0.25) is 0 Å². The number of sulfone groups is 1.